The Morgan fingerprint density at radius 1 is 0.316 bits per heavy atom. The lowest BCUT2D eigenvalue weighted by molar-refractivity contribution is 0.589. The van der Waals surface area contributed by atoms with Crippen LogP contribution in [0, 0.1) is 0 Å². The summed E-state index contributed by atoms with van der Waals surface area (Å²) < 4.78 is 163. The fraction of sp³-hybridized carbons (Fsp3) is 0.135. The number of hydrogen-bond donors (Lipinski definition) is 0. The first-order chi connectivity index (χ1) is 64.3. The fourth-order valence-corrected chi connectivity index (χ4v) is 17.9. The highest BCUT2D eigenvalue weighted by molar-refractivity contribution is 7.00. The molecule has 2 aromatic heterocycles. The van der Waals surface area contributed by atoms with Crippen LogP contribution in [0.5, 0.6) is 0 Å². The molecule has 0 spiro atoms. The molecule has 0 radical (unpaired) electrons. The Hall–Kier alpha value is -13.4. The zero-order chi connectivity index (χ0) is 93.7. The van der Waals surface area contributed by atoms with E-state index in [2.05, 4.69) is 227 Å². The highest BCUT2D eigenvalue weighted by atomic mass is 15.2. The van der Waals surface area contributed by atoms with Crippen LogP contribution in [0.1, 0.15) is 104 Å². The number of rotatable bonds is 19. The lowest BCUT2D eigenvalue weighted by Crippen LogP contribution is -2.62. The number of anilines is 7. The van der Waals surface area contributed by atoms with E-state index in [4.69, 9.17) is 6.85 Å². The number of aromatic nitrogens is 2. The third-order valence-corrected chi connectivity index (χ3v) is 23.7. The first-order valence-corrected chi connectivity index (χ1v) is 40.4. The third kappa shape index (κ3) is 13.7. The second kappa shape index (κ2) is 30.1. The van der Waals surface area contributed by atoms with Crippen LogP contribution in [-0.4, -0.2) is 28.9 Å². The van der Waals surface area contributed by atoms with Crippen molar-refractivity contribution < 1.29 is 23.3 Å². The zero-order valence-electron chi connectivity index (χ0n) is 83.2. The van der Waals surface area contributed by atoms with Crippen molar-refractivity contribution in [2.45, 2.75) is 84.6 Å². The van der Waals surface area contributed by atoms with Crippen LogP contribution < -0.4 is 31.1 Å². The summed E-state index contributed by atoms with van der Waals surface area (Å²) in [5, 5.41) is 0.584. The minimum Gasteiger partial charge on any atom is -0.342 e. The molecular weight excluding hydrogens is 1410 g/mol. The van der Waals surface area contributed by atoms with Gasteiger partial charge in [0, 0.05) is 97.7 Å². The summed E-state index contributed by atoms with van der Waals surface area (Å²) in [6.45, 7) is 13.9. The predicted molar refractivity (Wildman–Crippen MR) is 499 cm³/mol. The molecule has 0 saturated heterocycles. The van der Waals surface area contributed by atoms with Crippen LogP contribution in [0.4, 0.5) is 39.8 Å². The smallest absolute Gasteiger partial charge is 0.252 e. The topological polar surface area (TPSA) is 19.6 Å². The highest BCUT2D eigenvalue weighted by Gasteiger charge is 2.43. The summed E-state index contributed by atoms with van der Waals surface area (Å²) in [7, 11) is 0. The summed E-state index contributed by atoms with van der Waals surface area (Å²) in [5.74, 6) is 0. The molecule has 0 bridgehead atoms. The maximum Gasteiger partial charge on any atom is 0.252 e. The molecule has 0 aliphatic carbocycles. The van der Waals surface area contributed by atoms with E-state index in [1.54, 1.807) is 45.9 Å². The summed E-state index contributed by atoms with van der Waals surface area (Å²) >= 11 is 0. The average molecular weight is 1530 g/mol. The Labute approximate surface area is 712 Å². The number of hydrogen-bond acceptors (Lipinski definition) is 3. The van der Waals surface area contributed by atoms with Crippen molar-refractivity contribution in [2.24, 2.45) is 0 Å². The molecule has 0 fully saturated rings. The lowest BCUT2D eigenvalue weighted by atomic mass is 9.33. The van der Waals surface area contributed by atoms with Crippen molar-refractivity contribution >= 4 is 107 Å². The highest BCUT2D eigenvalue weighted by Crippen LogP contribution is 2.46. The van der Waals surface area contributed by atoms with Gasteiger partial charge in [0.25, 0.3) is 6.71 Å². The number of para-hydroxylation sites is 5. The Morgan fingerprint density at radius 2 is 0.803 bits per heavy atom. The van der Waals surface area contributed by atoms with E-state index in [-0.39, 0.29) is 74.3 Å². The standard InChI is InChI=1S/C111H94BN5/c1-110(2,3)86-41-31-32-76(67-86)64-77-52-55-99-105(68-77)115(63-60-92-96(82-37-17-9-18-38-82)72-87(111(4,5)6)73-97(92)83-39-19-10-20-40-83)108-70-79(59-61-113-101-49-28-25-48-95(101)98-74-90(54-57-102(98)113)116(88-42-21-11-22-43-88)89-44-23-12-24-45-89)69-107-109(108)112(99)100-56-53-91(117-103-50-29-26-46-93(103)94-47-27-30-51-104(94)117)75-106(100)114(107)62-58-78-65-84(80-33-13-7-14-34-80)71-85(66-78)81-35-15-8-16-36-81/h7-57,65-75H,58-64H2,1-6H3/i11D,21D,22D,25D,26D,27D,28D,29D,30D,42D,43D,46D,47D,48D,49D,50D,51D. The molecule has 117 heavy (non-hydrogen) atoms. The molecule has 0 saturated carbocycles. The van der Waals surface area contributed by atoms with Gasteiger partial charge in [-0.05, 0) is 233 Å². The van der Waals surface area contributed by atoms with Crippen molar-refractivity contribution in [2.75, 3.05) is 27.8 Å². The number of fused-ring (bicyclic) bond motifs is 10. The van der Waals surface area contributed by atoms with E-state index in [0.29, 0.717) is 60.3 Å². The maximum atomic E-state index is 10.0. The van der Waals surface area contributed by atoms with Crippen molar-refractivity contribution in [1.82, 2.24) is 9.13 Å². The second-order valence-corrected chi connectivity index (χ2v) is 33.0. The van der Waals surface area contributed by atoms with Gasteiger partial charge in [-0.2, -0.15) is 0 Å². The Morgan fingerprint density at radius 3 is 1.39 bits per heavy atom. The van der Waals surface area contributed by atoms with Crippen LogP contribution in [0.25, 0.3) is 93.8 Å². The first-order valence-electron chi connectivity index (χ1n) is 48.9. The van der Waals surface area contributed by atoms with Gasteiger partial charge in [-0.15, -0.1) is 0 Å². The van der Waals surface area contributed by atoms with Gasteiger partial charge in [0.05, 0.1) is 34.3 Å². The molecule has 0 N–H and O–H groups in total. The molecule has 6 heteroatoms. The van der Waals surface area contributed by atoms with E-state index >= 15 is 0 Å². The Bertz CT molecular complexity index is 7620. The van der Waals surface area contributed by atoms with Crippen molar-refractivity contribution in [3.8, 4) is 50.2 Å². The molecule has 0 amide bonds. The maximum absolute atomic E-state index is 10.0. The largest absolute Gasteiger partial charge is 0.342 e. The quantitative estimate of drug-likeness (QED) is 0.0752. The second-order valence-electron chi connectivity index (χ2n) is 33.0. The number of benzene rings is 16. The van der Waals surface area contributed by atoms with Gasteiger partial charge in [-0.1, -0.05) is 320 Å². The Kier molecular flexibility index (Phi) is 14.4. The SMILES string of the molecule is [2H]c1c([2H])c([2H])c(N(c2ccccc2)c2ccc3c(c2)c2c([2H])c([2H])c([2H])c([2H])c2n3CCc2cc3c4c(c2)N(CCc2c(-c5ccccc5)cc(C(C)(C)C)cc2-c2ccccc2)c2cc(Cc5cccc(C(C)(C)C)c5)ccc2B4c2ccc(-n4c5c([2H])c([2H])c([2H])c([2H])c5c5c([2H])c([2H])c([2H])c([2H])c54)cc2N3CCc2cc(-c3ccccc3)cc(-c3ccccc3)c2)c([2H])c1[2H]. The van der Waals surface area contributed by atoms with E-state index in [1.165, 1.54) is 11.1 Å². The Balaban J connectivity index is 0.861. The van der Waals surface area contributed by atoms with Crippen LogP contribution in [0.15, 0.2) is 376 Å². The van der Waals surface area contributed by atoms with Crippen LogP contribution in [0.3, 0.4) is 0 Å². The fourth-order valence-electron chi connectivity index (χ4n) is 17.9. The first kappa shape index (κ1) is 55.9. The van der Waals surface area contributed by atoms with Gasteiger partial charge in [0.1, 0.15) is 0 Å². The van der Waals surface area contributed by atoms with Gasteiger partial charge in [0.15, 0.2) is 0 Å². The molecule has 4 heterocycles. The van der Waals surface area contributed by atoms with Crippen molar-refractivity contribution in [1.29, 1.82) is 0 Å². The average Bonchev–Trinajstić information content (AvgIpc) is 0.915. The minimum atomic E-state index is -0.554. The van der Waals surface area contributed by atoms with Gasteiger partial charge < -0.3 is 23.8 Å². The summed E-state index contributed by atoms with van der Waals surface area (Å²) in [6.07, 6.45) is 1.85. The molecule has 20 rings (SSSR count). The number of aryl methyl sites for hydroxylation is 2. The molecule has 2 aliphatic heterocycles. The minimum absolute atomic E-state index is 0.0109. The van der Waals surface area contributed by atoms with Gasteiger partial charge in [0.2, 0.25) is 0 Å². The lowest BCUT2D eigenvalue weighted by Gasteiger charge is -2.45. The molecule has 16 aromatic carbocycles. The molecule has 0 atom stereocenters. The zero-order valence-corrected chi connectivity index (χ0v) is 66.2. The van der Waals surface area contributed by atoms with E-state index < -0.39 is 97.3 Å². The monoisotopic (exact) mass is 1520 g/mol. The molecule has 0 unspecified atom stereocenters. The normalized spacial score (nSPS) is 14.6. The van der Waals surface area contributed by atoms with E-state index in [0.717, 1.165) is 111 Å². The van der Waals surface area contributed by atoms with Gasteiger partial charge >= 0.3 is 0 Å². The molecule has 2 aliphatic rings. The predicted octanol–water partition coefficient (Wildman–Crippen LogP) is 26.4. The number of nitrogens with zero attached hydrogens (tertiary/aromatic N) is 5. The summed E-state index contributed by atoms with van der Waals surface area (Å²) in [4.78, 5) is 6.50. The molecule has 5 nitrogen and oxygen atoms in total. The van der Waals surface area contributed by atoms with Crippen LogP contribution in [0.2, 0.25) is 0 Å². The van der Waals surface area contributed by atoms with E-state index in [9.17, 15) is 16.4 Å². The molecule has 18 aromatic rings. The van der Waals surface area contributed by atoms with Gasteiger partial charge in [-0.3, -0.25) is 0 Å². The molecule has 566 valence electrons. The molecular formula is C111H94BN5. The van der Waals surface area contributed by atoms with Gasteiger partial charge in [-0.25, -0.2) is 0 Å². The van der Waals surface area contributed by atoms with Crippen LogP contribution >= 0.6 is 0 Å². The summed E-state index contributed by atoms with van der Waals surface area (Å²) in [5.41, 5.74) is 24.0. The summed E-state index contributed by atoms with van der Waals surface area (Å²) in [6, 6.07) is 86.4. The third-order valence-electron chi connectivity index (χ3n) is 23.7. The van der Waals surface area contributed by atoms with Crippen LogP contribution in [-0.2, 0) is 43.1 Å². The van der Waals surface area contributed by atoms with E-state index in [1.807, 2.05) is 65.2 Å². The van der Waals surface area contributed by atoms with Crippen molar-refractivity contribution in [3.05, 3.63) is 415 Å². The van der Waals surface area contributed by atoms with Crippen molar-refractivity contribution in [3.63, 3.8) is 0 Å².